The van der Waals surface area contributed by atoms with Crippen LogP contribution in [-0.4, -0.2) is 24.0 Å². The highest BCUT2D eigenvalue weighted by atomic mass is 16.7. The first kappa shape index (κ1) is 11.0. The summed E-state index contributed by atoms with van der Waals surface area (Å²) in [5.41, 5.74) is 1.98. The Bertz CT molecular complexity index is 498. The van der Waals surface area contributed by atoms with Gasteiger partial charge in [-0.2, -0.15) is 0 Å². The van der Waals surface area contributed by atoms with E-state index in [0.717, 1.165) is 24.1 Å². The number of hydrogen-bond donors (Lipinski definition) is 1. The molecule has 1 aromatic heterocycles. The Balaban J connectivity index is 2.10. The molecule has 0 unspecified atom stereocenters. The van der Waals surface area contributed by atoms with Gasteiger partial charge >= 0.3 is 0 Å². The molecule has 0 bridgehead atoms. The summed E-state index contributed by atoms with van der Waals surface area (Å²) < 4.78 is 11.6. The summed E-state index contributed by atoms with van der Waals surface area (Å²) in [5, 5.41) is 0. The summed E-state index contributed by atoms with van der Waals surface area (Å²) in [4.78, 5) is 14.4. The molecule has 1 saturated heterocycles. The van der Waals surface area contributed by atoms with Gasteiger partial charge in [-0.1, -0.05) is 19.9 Å². The van der Waals surface area contributed by atoms with Gasteiger partial charge < -0.3 is 14.5 Å². The maximum absolute atomic E-state index is 11.4. The van der Waals surface area contributed by atoms with Crippen LogP contribution in [0.4, 0.5) is 0 Å². The standard InChI is InChI=1S/C13H17NO3/c1-12(2)8-13(16-5-6-17-13)7-9-3-4-10(15)14-11(9)12/h3-4H,5-8H2,1-2H3,(H,14,15). The van der Waals surface area contributed by atoms with Crippen molar-refractivity contribution in [2.75, 3.05) is 13.2 Å². The van der Waals surface area contributed by atoms with Gasteiger partial charge in [-0.25, -0.2) is 0 Å². The van der Waals surface area contributed by atoms with Gasteiger partial charge in [0.05, 0.1) is 13.2 Å². The molecule has 1 spiro atoms. The lowest BCUT2D eigenvalue weighted by atomic mass is 9.73. The van der Waals surface area contributed by atoms with Crippen LogP contribution in [0.25, 0.3) is 0 Å². The molecule has 0 atom stereocenters. The molecule has 0 amide bonds. The Morgan fingerprint density at radius 1 is 1.24 bits per heavy atom. The van der Waals surface area contributed by atoms with Crippen LogP contribution in [0, 0.1) is 0 Å². The number of hydrogen-bond acceptors (Lipinski definition) is 3. The zero-order valence-electron chi connectivity index (χ0n) is 10.2. The van der Waals surface area contributed by atoms with E-state index < -0.39 is 5.79 Å². The van der Waals surface area contributed by atoms with E-state index in [9.17, 15) is 4.79 Å². The zero-order chi connectivity index (χ0) is 12.1. The molecule has 4 heteroatoms. The molecule has 1 aliphatic heterocycles. The van der Waals surface area contributed by atoms with Crippen LogP contribution in [-0.2, 0) is 21.3 Å². The van der Waals surface area contributed by atoms with Crippen LogP contribution in [0.15, 0.2) is 16.9 Å². The van der Waals surface area contributed by atoms with E-state index in [1.807, 2.05) is 6.07 Å². The Morgan fingerprint density at radius 2 is 1.94 bits per heavy atom. The number of aromatic amines is 1. The van der Waals surface area contributed by atoms with Gasteiger partial charge in [0.1, 0.15) is 0 Å². The van der Waals surface area contributed by atoms with Crippen molar-refractivity contribution in [1.29, 1.82) is 0 Å². The molecule has 92 valence electrons. The predicted octanol–water partition coefficient (Wildman–Crippen LogP) is 1.34. The summed E-state index contributed by atoms with van der Waals surface area (Å²) in [7, 11) is 0. The fourth-order valence-corrected chi connectivity index (χ4v) is 3.07. The second-order valence-corrected chi connectivity index (χ2v) is 5.57. The molecule has 0 radical (unpaired) electrons. The summed E-state index contributed by atoms with van der Waals surface area (Å²) in [6.07, 6.45) is 1.51. The normalized spacial score (nSPS) is 24.8. The van der Waals surface area contributed by atoms with Crippen LogP contribution >= 0.6 is 0 Å². The van der Waals surface area contributed by atoms with Crippen LogP contribution in [0.1, 0.15) is 31.5 Å². The van der Waals surface area contributed by atoms with E-state index in [1.165, 1.54) is 0 Å². The van der Waals surface area contributed by atoms with Crippen molar-refractivity contribution < 1.29 is 9.47 Å². The molecule has 1 N–H and O–H groups in total. The maximum Gasteiger partial charge on any atom is 0.248 e. The van der Waals surface area contributed by atoms with Gasteiger partial charge in [0.25, 0.3) is 0 Å². The first-order valence-electron chi connectivity index (χ1n) is 6.01. The Morgan fingerprint density at radius 3 is 2.65 bits per heavy atom. The molecular formula is C13H17NO3. The van der Waals surface area contributed by atoms with Crippen molar-refractivity contribution in [3.8, 4) is 0 Å². The third-order valence-electron chi connectivity index (χ3n) is 3.67. The molecule has 3 rings (SSSR count). The smallest absolute Gasteiger partial charge is 0.248 e. The summed E-state index contributed by atoms with van der Waals surface area (Å²) in [6, 6.07) is 3.46. The van der Waals surface area contributed by atoms with Crippen LogP contribution in [0.3, 0.4) is 0 Å². The molecule has 2 aliphatic rings. The number of H-pyrrole nitrogens is 1. The van der Waals surface area contributed by atoms with E-state index in [1.54, 1.807) is 6.07 Å². The second-order valence-electron chi connectivity index (χ2n) is 5.57. The Labute approximate surface area is 99.9 Å². The van der Waals surface area contributed by atoms with Gasteiger partial charge in [-0.05, 0) is 5.56 Å². The topological polar surface area (TPSA) is 51.3 Å². The van der Waals surface area contributed by atoms with Gasteiger partial charge in [-0.3, -0.25) is 4.79 Å². The minimum atomic E-state index is -0.477. The van der Waals surface area contributed by atoms with Gasteiger partial charge in [0.15, 0.2) is 5.79 Å². The van der Waals surface area contributed by atoms with Crippen molar-refractivity contribution in [2.24, 2.45) is 0 Å². The Hall–Kier alpha value is -1.13. The number of aromatic nitrogens is 1. The number of pyridine rings is 1. The average molecular weight is 235 g/mol. The largest absolute Gasteiger partial charge is 0.347 e. The van der Waals surface area contributed by atoms with Crippen LogP contribution in [0.5, 0.6) is 0 Å². The average Bonchev–Trinajstić information content (AvgIpc) is 2.67. The third-order valence-corrected chi connectivity index (χ3v) is 3.67. The van der Waals surface area contributed by atoms with Gasteiger partial charge in [-0.15, -0.1) is 0 Å². The van der Waals surface area contributed by atoms with Gasteiger partial charge in [0.2, 0.25) is 5.56 Å². The van der Waals surface area contributed by atoms with E-state index >= 15 is 0 Å². The predicted molar refractivity (Wildman–Crippen MR) is 63.0 cm³/mol. The molecule has 0 saturated carbocycles. The molecule has 4 nitrogen and oxygen atoms in total. The molecule has 0 aromatic carbocycles. The minimum absolute atomic E-state index is 0.0407. The number of ether oxygens (including phenoxy) is 2. The van der Waals surface area contributed by atoms with Crippen LogP contribution in [0.2, 0.25) is 0 Å². The second kappa shape index (κ2) is 3.43. The van der Waals surface area contributed by atoms with E-state index in [4.69, 9.17) is 9.47 Å². The highest BCUT2D eigenvalue weighted by Gasteiger charge is 2.47. The number of rotatable bonds is 0. The van der Waals surface area contributed by atoms with E-state index in [2.05, 4.69) is 18.8 Å². The lowest BCUT2D eigenvalue weighted by Gasteiger charge is -2.41. The monoisotopic (exact) mass is 235 g/mol. The van der Waals surface area contributed by atoms with Crippen molar-refractivity contribution >= 4 is 0 Å². The highest BCUT2D eigenvalue weighted by Crippen LogP contribution is 2.43. The van der Waals surface area contributed by atoms with Crippen LogP contribution < -0.4 is 5.56 Å². The van der Waals surface area contributed by atoms with Crippen molar-refractivity contribution in [3.63, 3.8) is 0 Å². The van der Waals surface area contributed by atoms with Gasteiger partial charge in [0, 0.05) is 30.0 Å². The van der Waals surface area contributed by atoms with E-state index in [0.29, 0.717) is 13.2 Å². The SMILES string of the molecule is CC1(C)CC2(Cc3ccc(=O)[nH]c31)OCCO2. The first-order valence-corrected chi connectivity index (χ1v) is 6.01. The molecule has 2 heterocycles. The lowest BCUT2D eigenvalue weighted by molar-refractivity contribution is -0.175. The third kappa shape index (κ3) is 1.72. The molecule has 1 aliphatic carbocycles. The van der Waals surface area contributed by atoms with Crippen molar-refractivity contribution in [2.45, 2.75) is 37.9 Å². The molecule has 1 fully saturated rings. The fourth-order valence-electron chi connectivity index (χ4n) is 3.07. The number of nitrogens with one attached hydrogen (secondary N) is 1. The zero-order valence-corrected chi connectivity index (χ0v) is 10.2. The summed E-state index contributed by atoms with van der Waals surface area (Å²) in [5.74, 6) is -0.477. The summed E-state index contributed by atoms with van der Waals surface area (Å²) >= 11 is 0. The summed E-state index contributed by atoms with van der Waals surface area (Å²) in [6.45, 7) is 5.56. The van der Waals surface area contributed by atoms with Crippen molar-refractivity contribution in [3.05, 3.63) is 33.7 Å². The minimum Gasteiger partial charge on any atom is -0.347 e. The maximum atomic E-state index is 11.4. The van der Waals surface area contributed by atoms with E-state index in [-0.39, 0.29) is 11.0 Å². The number of fused-ring (bicyclic) bond motifs is 1. The quantitative estimate of drug-likeness (QED) is 0.738. The van der Waals surface area contributed by atoms with Crippen molar-refractivity contribution in [1.82, 2.24) is 4.98 Å². The molecule has 17 heavy (non-hydrogen) atoms. The highest BCUT2D eigenvalue weighted by molar-refractivity contribution is 5.31. The first-order chi connectivity index (χ1) is 8.01. The molecular weight excluding hydrogens is 218 g/mol. The lowest BCUT2D eigenvalue weighted by Crippen LogP contribution is -2.45. The Kier molecular flexibility index (Phi) is 2.22. The fraction of sp³-hybridized carbons (Fsp3) is 0.615. The molecule has 1 aromatic rings.